The topological polar surface area (TPSA) is 51.4 Å². The highest BCUT2D eigenvalue weighted by Crippen LogP contribution is 2.53. The molecule has 290 valence electrons. The number of carbonyl (C=O) groups excluding carboxylic acids is 1. The SMILES string of the molecule is C=C(C)c1cc(Cl)c2c3c(Cl)cc4c(=O)n5c6cc7ccccc7cc6nc5c5cc(Cl)c(c6c(Cl)cc(C(C)=O)c1c26)c3c45.CC.Cc1cc2ccccc2cc1C. The molecule has 0 atom stereocenters. The highest BCUT2D eigenvalue weighted by molar-refractivity contribution is 6.55. The van der Waals surface area contributed by atoms with Crippen molar-refractivity contribution in [2.45, 2.75) is 41.5 Å². The van der Waals surface area contributed by atoms with Crippen molar-refractivity contribution in [3.8, 4) is 0 Å². The van der Waals surface area contributed by atoms with Gasteiger partial charge < -0.3 is 0 Å². The zero-order valence-corrected chi connectivity index (χ0v) is 36.2. The Kier molecular flexibility index (Phi) is 9.49. The third kappa shape index (κ3) is 5.76. The number of fused-ring (bicyclic) bond motifs is 8. The Bertz CT molecular complexity index is 3570. The van der Waals surface area contributed by atoms with Gasteiger partial charge in [0.05, 0.1) is 16.4 Å². The molecule has 2 aromatic heterocycles. The van der Waals surface area contributed by atoms with Crippen LogP contribution in [0.4, 0.5) is 0 Å². The lowest BCUT2D eigenvalue weighted by molar-refractivity contribution is 0.101. The quantitative estimate of drug-likeness (QED) is 0.0989. The van der Waals surface area contributed by atoms with Crippen LogP contribution in [0.2, 0.25) is 20.1 Å². The summed E-state index contributed by atoms with van der Waals surface area (Å²) in [4.78, 5) is 32.4. The van der Waals surface area contributed by atoms with E-state index in [1.807, 2.05) is 69.3 Å². The van der Waals surface area contributed by atoms with Crippen molar-refractivity contribution in [1.29, 1.82) is 0 Å². The standard InChI is InChI=1S/C37H18Cl4N2O2.C12H12.C2H6/c1-14(2)18-10-22(38)30-33-25(41)13-21-29-20(36-42-26-8-16-6-4-5-7-17(16)9-27(26)43(36)37(21)45)12-24(40)32(35(29)33)31-23(39)11-19(15(3)44)28(18)34(30)31;1-9-7-11-5-3-4-6-12(11)8-10(9)2;1-2/h4-13H,1H2,2-3H3;3-8H,1-2H3;1-2H3. The highest BCUT2D eigenvalue weighted by Gasteiger charge is 2.29. The summed E-state index contributed by atoms with van der Waals surface area (Å²) >= 11 is 28.6. The minimum absolute atomic E-state index is 0.148. The third-order valence-corrected chi connectivity index (χ3v) is 12.7. The molecule has 4 nitrogen and oxygen atoms in total. The number of imidazole rings is 1. The molecular formula is C51H36Cl4N2O2. The summed E-state index contributed by atoms with van der Waals surface area (Å²) in [5.41, 5.74) is 6.32. The summed E-state index contributed by atoms with van der Waals surface area (Å²) in [6.07, 6.45) is 0. The fraction of sp³-hybridized carbons (Fsp3) is 0.118. The molecule has 0 radical (unpaired) electrons. The van der Waals surface area contributed by atoms with Crippen molar-refractivity contribution in [2.75, 3.05) is 0 Å². The number of Topliss-reactive ketones (excluding diaryl/α,β-unsaturated/α-hetero) is 1. The van der Waals surface area contributed by atoms with E-state index in [9.17, 15) is 9.59 Å². The molecule has 9 aromatic carbocycles. The Labute approximate surface area is 359 Å². The van der Waals surface area contributed by atoms with Gasteiger partial charge in [-0.15, -0.1) is 0 Å². The maximum atomic E-state index is 14.4. The number of allylic oxidation sites excluding steroid dienone is 1. The Morgan fingerprint density at radius 2 is 1.00 bits per heavy atom. The minimum atomic E-state index is -0.241. The number of nitrogens with zero attached hydrogens (tertiary/aromatic N) is 2. The van der Waals surface area contributed by atoms with Gasteiger partial charge in [-0.3, -0.25) is 14.0 Å². The predicted molar refractivity (Wildman–Crippen MR) is 256 cm³/mol. The first kappa shape index (κ1) is 39.0. The van der Waals surface area contributed by atoms with Gasteiger partial charge in [-0.25, -0.2) is 4.98 Å². The normalized spacial score (nSPS) is 11.8. The second-order valence-electron chi connectivity index (χ2n) is 15.0. The van der Waals surface area contributed by atoms with Gasteiger partial charge in [-0.05, 0) is 102 Å². The first-order chi connectivity index (χ1) is 28.3. The average Bonchev–Trinajstić information content (AvgIpc) is 3.59. The van der Waals surface area contributed by atoms with Crippen LogP contribution in [0.5, 0.6) is 0 Å². The van der Waals surface area contributed by atoms with Crippen molar-refractivity contribution >= 4 is 150 Å². The molecule has 59 heavy (non-hydrogen) atoms. The first-order valence-corrected chi connectivity index (χ1v) is 20.9. The van der Waals surface area contributed by atoms with Gasteiger partial charge in [0.1, 0.15) is 5.65 Å². The van der Waals surface area contributed by atoms with E-state index in [0.29, 0.717) is 96.2 Å². The number of pyridine rings is 1. The Hall–Kier alpha value is -5.49. The number of hydrogen-bond donors (Lipinski definition) is 0. The molecule has 0 aliphatic heterocycles. The molecule has 0 saturated carbocycles. The van der Waals surface area contributed by atoms with E-state index in [1.54, 1.807) is 16.5 Å². The molecule has 0 spiro atoms. The van der Waals surface area contributed by atoms with Gasteiger partial charge in [0.2, 0.25) is 0 Å². The monoisotopic (exact) mass is 848 g/mol. The summed E-state index contributed by atoms with van der Waals surface area (Å²) in [6, 6.07) is 32.0. The largest absolute Gasteiger partial charge is 0.294 e. The van der Waals surface area contributed by atoms with Gasteiger partial charge in [0.25, 0.3) is 5.56 Å². The van der Waals surface area contributed by atoms with Crippen LogP contribution < -0.4 is 5.56 Å². The van der Waals surface area contributed by atoms with E-state index < -0.39 is 0 Å². The Balaban J connectivity index is 0.000000273. The fourth-order valence-corrected chi connectivity index (χ4v) is 10.0. The fourth-order valence-electron chi connectivity index (χ4n) is 8.82. The molecule has 8 heteroatoms. The molecule has 0 aliphatic rings. The number of halogens is 4. The molecule has 0 bridgehead atoms. The van der Waals surface area contributed by atoms with Crippen LogP contribution in [-0.4, -0.2) is 15.2 Å². The van der Waals surface area contributed by atoms with E-state index in [2.05, 4.69) is 56.8 Å². The number of rotatable bonds is 2. The number of benzene rings is 9. The molecule has 0 amide bonds. The van der Waals surface area contributed by atoms with Crippen LogP contribution in [0.15, 0.2) is 108 Å². The molecule has 0 saturated heterocycles. The van der Waals surface area contributed by atoms with Crippen LogP contribution in [0.3, 0.4) is 0 Å². The second kappa shape index (κ2) is 14.4. The third-order valence-electron chi connectivity index (χ3n) is 11.5. The van der Waals surface area contributed by atoms with E-state index in [-0.39, 0.29) is 11.3 Å². The summed E-state index contributed by atoms with van der Waals surface area (Å²) in [6.45, 7) is 15.9. The lowest BCUT2D eigenvalue weighted by atomic mass is 9.83. The van der Waals surface area contributed by atoms with Crippen molar-refractivity contribution in [1.82, 2.24) is 9.38 Å². The van der Waals surface area contributed by atoms with Gasteiger partial charge in [-0.1, -0.05) is 133 Å². The summed E-state index contributed by atoms with van der Waals surface area (Å²) in [5, 5.41) is 12.6. The smallest absolute Gasteiger partial charge is 0.264 e. The molecule has 2 heterocycles. The Morgan fingerprint density at radius 1 is 0.559 bits per heavy atom. The predicted octanol–water partition coefficient (Wildman–Crippen LogP) is 16.0. The van der Waals surface area contributed by atoms with Crippen LogP contribution in [0, 0.1) is 13.8 Å². The molecule has 0 fully saturated rings. The van der Waals surface area contributed by atoms with Crippen LogP contribution in [0.1, 0.15) is 54.7 Å². The van der Waals surface area contributed by atoms with E-state index in [1.165, 1.54) is 28.8 Å². The number of aryl methyl sites for hydroxylation is 2. The lowest BCUT2D eigenvalue weighted by Crippen LogP contribution is -2.13. The molecule has 0 N–H and O–H groups in total. The number of hydrogen-bond acceptors (Lipinski definition) is 3. The van der Waals surface area contributed by atoms with E-state index in [0.717, 1.165) is 21.9 Å². The first-order valence-electron chi connectivity index (χ1n) is 19.4. The van der Waals surface area contributed by atoms with Gasteiger partial charge in [0.15, 0.2) is 5.78 Å². The summed E-state index contributed by atoms with van der Waals surface area (Å²) in [7, 11) is 0. The maximum Gasteiger partial charge on any atom is 0.264 e. The van der Waals surface area contributed by atoms with Crippen LogP contribution in [-0.2, 0) is 0 Å². The zero-order chi connectivity index (χ0) is 41.8. The molecule has 11 rings (SSSR count). The lowest BCUT2D eigenvalue weighted by Gasteiger charge is -2.22. The average molecular weight is 851 g/mol. The summed E-state index contributed by atoms with van der Waals surface area (Å²) in [5.74, 6) is -0.148. The van der Waals surface area contributed by atoms with Crippen molar-refractivity contribution in [2.24, 2.45) is 0 Å². The molecule has 0 aliphatic carbocycles. The van der Waals surface area contributed by atoms with Crippen molar-refractivity contribution in [3.05, 3.63) is 156 Å². The van der Waals surface area contributed by atoms with E-state index >= 15 is 0 Å². The van der Waals surface area contributed by atoms with Crippen molar-refractivity contribution < 1.29 is 4.79 Å². The van der Waals surface area contributed by atoms with Gasteiger partial charge >= 0.3 is 0 Å². The number of ketones is 1. The number of carbonyl (C=O) groups is 1. The van der Waals surface area contributed by atoms with Crippen molar-refractivity contribution in [3.63, 3.8) is 0 Å². The van der Waals surface area contributed by atoms with E-state index in [4.69, 9.17) is 51.4 Å². The van der Waals surface area contributed by atoms with Gasteiger partial charge in [-0.2, -0.15) is 0 Å². The maximum absolute atomic E-state index is 14.4. The van der Waals surface area contributed by atoms with Crippen LogP contribution in [0.25, 0.3) is 97.7 Å². The zero-order valence-electron chi connectivity index (χ0n) is 33.2. The molecular weight excluding hydrogens is 814 g/mol. The number of aromatic nitrogens is 2. The minimum Gasteiger partial charge on any atom is -0.294 e. The molecule has 0 unspecified atom stereocenters. The highest BCUT2D eigenvalue weighted by atomic mass is 35.5. The summed E-state index contributed by atoms with van der Waals surface area (Å²) < 4.78 is 1.64. The Morgan fingerprint density at radius 3 is 1.51 bits per heavy atom. The van der Waals surface area contributed by atoms with Crippen LogP contribution >= 0.6 is 46.4 Å². The molecule has 11 aromatic rings. The second-order valence-corrected chi connectivity index (χ2v) is 16.6. The van der Waals surface area contributed by atoms with Gasteiger partial charge in [0, 0.05) is 74.1 Å².